The summed E-state index contributed by atoms with van der Waals surface area (Å²) in [7, 11) is 0. The van der Waals surface area contributed by atoms with Crippen LogP contribution in [-0.4, -0.2) is 31.5 Å². The number of hydrogen-bond acceptors (Lipinski definition) is 5. The van der Waals surface area contributed by atoms with Crippen molar-refractivity contribution in [2.24, 2.45) is 0 Å². The number of carboxylic acids is 1. The van der Waals surface area contributed by atoms with E-state index in [2.05, 4.69) is 83.1 Å². The first-order valence-electron chi connectivity index (χ1n) is 23.6. The Morgan fingerprint density at radius 3 is 0.615 bits per heavy atom. The number of phenolic OH excluding ortho intramolecular Hbond substituents is 4. The third-order valence-electron chi connectivity index (χ3n) is 13.3. The first-order valence-corrected chi connectivity index (χ1v) is 23.6. The van der Waals surface area contributed by atoms with Gasteiger partial charge in [0, 0.05) is 5.92 Å². The van der Waals surface area contributed by atoms with Crippen LogP contribution in [0.4, 0.5) is 0 Å². The summed E-state index contributed by atoms with van der Waals surface area (Å²) in [5.74, 6) is -1.54. The van der Waals surface area contributed by atoms with E-state index in [4.69, 9.17) is 0 Å². The van der Waals surface area contributed by atoms with Gasteiger partial charge in [-0.25, -0.2) is 0 Å². The fraction of sp³-hybridized carbons (Fsp3) is 0.576. The Bertz CT molecular complexity index is 2150. The van der Waals surface area contributed by atoms with Crippen molar-refractivity contribution in [3.05, 3.63) is 115 Å². The molecular weight excluding hydrogens is 805 g/mol. The summed E-state index contributed by atoms with van der Waals surface area (Å²) in [6.45, 7) is 49.1. The van der Waals surface area contributed by atoms with Crippen LogP contribution < -0.4 is 0 Å². The predicted molar refractivity (Wildman–Crippen MR) is 272 cm³/mol. The maximum Gasteiger partial charge on any atom is 0.319 e. The van der Waals surface area contributed by atoms with Crippen molar-refractivity contribution in [2.45, 2.75) is 221 Å². The van der Waals surface area contributed by atoms with E-state index < -0.39 is 60.6 Å². The Balaban J connectivity index is 2.70. The molecule has 6 heteroatoms. The van der Waals surface area contributed by atoms with Crippen LogP contribution in [0.1, 0.15) is 239 Å². The van der Waals surface area contributed by atoms with E-state index in [9.17, 15) is 25.5 Å². The third kappa shape index (κ3) is 10.1. The molecule has 6 nitrogen and oxygen atoms in total. The summed E-state index contributed by atoms with van der Waals surface area (Å²) in [4.78, 5) is 15.9. The Hall–Kier alpha value is -4.45. The van der Waals surface area contributed by atoms with Crippen LogP contribution in [0.3, 0.4) is 0 Å². The zero-order chi connectivity index (χ0) is 50.5. The van der Waals surface area contributed by atoms with Gasteiger partial charge in [0.25, 0.3) is 0 Å². The van der Waals surface area contributed by atoms with Crippen molar-refractivity contribution in [1.29, 1.82) is 0 Å². The molecule has 0 spiro atoms. The molecule has 0 bridgehead atoms. The lowest BCUT2D eigenvalue weighted by molar-refractivity contribution is -0.142. The summed E-state index contributed by atoms with van der Waals surface area (Å²) < 4.78 is 0. The average molecular weight is 891 g/mol. The predicted octanol–water partition coefficient (Wildman–Crippen LogP) is 15.1. The molecule has 0 atom stereocenters. The van der Waals surface area contributed by atoms with Gasteiger partial charge < -0.3 is 25.5 Å². The van der Waals surface area contributed by atoms with Crippen molar-refractivity contribution in [3.8, 4) is 23.0 Å². The number of phenols is 4. The second-order valence-corrected chi connectivity index (χ2v) is 27.3. The number of aliphatic carboxylic acids is 1. The smallest absolute Gasteiger partial charge is 0.319 e. The average Bonchev–Trinajstić information content (AvgIpc) is 3.07. The van der Waals surface area contributed by atoms with Gasteiger partial charge >= 0.3 is 5.97 Å². The van der Waals surface area contributed by atoms with Crippen molar-refractivity contribution < 1.29 is 30.3 Å². The molecule has 0 unspecified atom stereocenters. The van der Waals surface area contributed by atoms with Crippen molar-refractivity contribution in [1.82, 2.24) is 0 Å². The minimum absolute atomic E-state index is 0.130. The lowest BCUT2D eigenvalue weighted by atomic mass is 9.58. The summed E-state index contributed by atoms with van der Waals surface area (Å²) in [5.41, 5.74) is 0.796. The molecule has 0 aliphatic rings. The number of rotatable bonds is 6. The van der Waals surface area contributed by atoms with Gasteiger partial charge in [0.1, 0.15) is 28.4 Å². The largest absolute Gasteiger partial charge is 0.507 e. The van der Waals surface area contributed by atoms with Crippen LogP contribution in [-0.2, 0) is 53.5 Å². The molecule has 4 rings (SSSR count). The van der Waals surface area contributed by atoms with Gasteiger partial charge in [0.15, 0.2) is 0 Å². The van der Waals surface area contributed by atoms with E-state index in [0.717, 1.165) is 0 Å². The number of carboxylic acid groups (broad SMARTS) is 1. The highest BCUT2D eigenvalue weighted by atomic mass is 16.4. The van der Waals surface area contributed by atoms with Crippen molar-refractivity contribution in [2.75, 3.05) is 0 Å². The molecule has 0 radical (unpaired) electrons. The molecule has 4 aromatic rings. The van der Waals surface area contributed by atoms with Crippen LogP contribution in [0.25, 0.3) is 0 Å². The van der Waals surface area contributed by atoms with Gasteiger partial charge in [-0.1, -0.05) is 215 Å². The standard InChI is InChI=1S/C59H86O6/c1-51(2,3)37-25-33(26-38(46(37)60)52(4,5)6)45(34-27-39(53(7,8)9)47(61)40(28-34)54(10,11)12)59(50(64)65,35-29-41(55(13,14)15)48(62)42(30-35)56(16,17)18)36-31-43(57(19,20)21)49(63)44(32-36)58(22,23)24/h25-32,45,60-63H,1-24H3,(H,64,65). The molecule has 0 aliphatic carbocycles. The minimum atomic E-state index is -1.98. The maximum atomic E-state index is 15.9. The number of aromatic hydroxyl groups is 4. The highest BCUT2D eigenvalue weighted by Crippen LogP contribution is 2.57. The quantitative estimate of drug-likeness (QED) is 0.132. The van der Waals surface area contributed by atoms with E-state index >= 15 is 4.79 Å². The fourth-order valence-corrected chi connectivity index (χ4v) is 9.51. The Labute approximate surface area is 394 Å². The summed E-state index contributed by atoms with van der Waals surface area (Å²) in [6.07, 6.45) is 0. The zero-order valence-electron chi connectivity index (χ0n) is 44.8. The molecule has 358 valence electrons. The lowest BCUT2D eigenvalue weighted by Gasteiger charge is -2.43. The minimum Gasteiger partial charge on any atom is -0.507 e. The Morgan fingerprint density at radius 2 is 0.477 bits per heavy atom. The molecule has 4 aromatic carbocycles. The topological polar surface area (TPSA) is 118 Å². The van der Waals surface area contributed by atoms with Crippen LogP contribution in [0.5, 0.6) is 23.0 Å². The molecular formula is C59H86O6. The molecule has 0 heterocycles. The van der Waals surface area contributed by atoms with Crippen molar-refractivity contribution >= 4 is 5.97 Å². The molecule has 65 heavy (non-hydrogen) atoms. The van der Waals surface area contributed by atoms with E-state index in [1.807, 2.05) is 132 Å². The van der Waals surface area contributed by atoms with Gasteiger partial charge in [-0.2, -0.15) is 0 Å². The van der Waals surface area contributed by atoms with Gasteiger partial charge in [-0.3, -0.25) is 4.79 Å². The zero-order valence-corrected chi connectivity index (χ0v) is 44.8. The molecule has 5 N–H and O–H groups in total. The first kappa shape index (κ1) is 53.2. The summed E-state index contributed by atoms with van der Waals surface area (Å²) >= 11 is 0. The molecule has 0 amide bonds. The molecule has 0 aliphatic heterocycles. The fourth-order valence-electron chi connectivity index (χ4n) is 9.51. The highest BCUT2D eigenvalue weighted by molar-refractivity contribution is 5.90. The molecule has 0 aromatic heterocycles. The van der Waals surface area contributed by atoms with Crippen molar-refractivity contribution in [3.63, 3.8) is 0 Å². The van der Waals surface area contributed by atoms with Gasteiger partial charge in [-0.05, 0) is 110 Å². The normalized spacial score (nSPS) is 14.0. The van der Waals surface area contributed by atoms with Gasteiger partial charge in [0.05, 0.1) is 0 Å². The molecule has 0 saturated carbocycles. The number of hydrogen-bond donors (Lipinski definition) is 5. The van der Waals surface area contributed by atoms with E-state index in [1.165, 1.54) is 0 Å². The lowest BCUT2D eigenvalue weighted by Crippen LogP contribution is -2.45. The van der Waals surface area contributed by atoms with E-state index in [0.29, 0.717) is 66.8 Å². The number of carbonyl (C=O) groups is 1. The SMILES string of the molecule is CC(C)(C)c1cc(C(c2cc(C(C)(C)C)c(O)c(C(C)(C)C)c2)C(C(=O)O)(c2cc(C(C)(C)C)c(O)c(C(C)(C)C)c2)c2cc(C(C)(C)C)c(O)c(C(C)(C)C)c2)cc(C(C)(C)C)c1O. The Morgan fingerprint density at radius 1 is 0.323 bits per heavy atom. The second-order valence-electron chi connectivity index (χ2n) is 27.3. The first-order chi connectivity index (χ1) is 28.8. The van der Waals surface area contributed by atoms with Crippen LogP contribution in [0.2, 0.25) is 0 Å². The molecule has 0 saturated heterocycles. The van der Waals surface area contributed by atoms with E-state index in [-0.39, 0.29) is 23.0 Å². The monoisotopic (exact) mass is 891 g/mol. The maximum absolute atomic E-state index is 15.9. The second kappa shape index (κ2) is 16.4. The van der Waals surface area contributed by atoms with Crippen LogP contribution >= 0.6 is 0 Å². The van der Waals surface area contributed by atoms with Crippen LogP contribution in [0, 0.1) is 0 Å². The Kier molecular flexibility index (Phi) is 13.4. The third-order valence-corrected chi connectivity index (χ3v) is 13.3. The van der Waals surface area contributed by atoms with Gasteiger partial charge in [0.2, 0.25) is 0 Å². The highest BCUT2D eigenvalue weighted by Gasteiger charge is 2.54. The van der Waals surface area contributed by atoms with Gasteiger partial charge in [-0.15, -0.1) is 0 Å². The van der Waals surface area contributed by atoms with E-state index in [1.54, 1.807) is 0 Å². The molecule has 0 fully saturated rings. The number of benzene rings is 4. The summed E-state index contributed by atoms with van der Waals surface area (Å²) in [5, 5.41) is 62.1. The van der Waals surface area contributed by atoms with Crippen LogP contribution in [0.15, 0.2) is 48.5 Å². The summed E-state index contributed by atoms with van der Waals surface area (Å²) in [6, 6.07) is 15.6.